The third kappa shape index (κ3) is 1.91. The van der Waals surface area contributed by atoms with E-state index in [1.807, 2.05) is 0 Å². The number of ketones is 1. The molecule has 0 aromatic rings. The van der Waals surface area contributed by atoms with E-state index in [4.69, 9.17) is 0 Å². The van der Waals surface area contributed by atoms with Crippen molar-refractivity contribution in [1.29, 1.82) is 0 Å². The van der Waals surface area contributed by atoms with Crippen molar-refractivity contribution in [3.05, 3.63) is 11.8 Å². The number of carbonyl (C=O) groups is 1. The Bertz CT molecular complexity index is 235. The molecule has 2 N–H and O–H groups in total. The lowest BCUT2D eigenvalue weighted by molar-refractivity contribution is -0.114. The van der Waals surface area contributed by atoms with Crippen LogP contribution in [-0.4, -0.2) is 23.0 Å². The van der Waals surface area contributed by atoms with Crippen molar-refractivity contribution in [3.8, 4) is 0 Å². The standard InChI is InChI=1S/C10H17NO2/c1-4-6(2)9-10(13)8(5-11-9)7(3)12/h5-6,9-11,13H,4H2,1-3H3. The fourth-order valence-corrected chi connectivity index (χ4v) is 1.60. The summed E-state index contributed by atoms with van der Waals surface area (Å²) in [5.74, 6) is 0.328. The molecule has 0 amide bonds. The Balaban J connectivity index is 2.66. The van der Waals surface area contributed by atoms with Gasteiger partial charge in [-0.15, -0.1) is 0 Å². The van der Waals surface area contributed by atoms with Crippen molar-refractivity contribution in [3.63, 3.8) is 0 Å². The molecule has 0 fully saturated rings. The normalized spacial score (nSPS) is 29.4. The first-order chi connectivity index (χ1) is 6.07. The maximum absolute atomic E-state index is 11.0. The van der Waals surface area contributed by atoms with Gasteiger partial charge < -0.3 is 10.4 Å². The molecule has 1 heterocycles. The molecule has 13 heavy (non-hydrogen) atoms. The molecule has 0 saturated carbocycles. The maximum atomic E-state index is 11.0. The van der Waals surface area contributed by atoms with E-state index < -0.39 is 6.10 Å². The van der Waals surface area contributed by atoms with Crippen LogP contribution in [0.3, 0.4) is 0 Å². The van der Waals surface area contributed by atoms with Gasteiger partial charge in [0.1, 0.15) is 6.10 Å². The molecule has 1 rings (SSSR count). The molecule has 0 aromatic carbocycles. The molecule has 1 aliphatic rings. The second-order valence-electron chi connectivity index (χ2n) is 3.68. The lowest BCUT2D eigenvalue weighted by atomic mass is 9.92. The molecular weight excluding hydrogens is 166 g/mol. The van der Waals surface area contributed by atoms with Crippen LogP contribution < -0.4 is 5.32 Å². The first kappa shape index (κ1) is 10.3. The summed E-state index contributed by atoms with van der Waals surface area (Å²) < 4.78 is 0. The fraction of sp³-hybridized carbons (Fsp3) is 0.700. The Kier molecular flexibility index (Phi) is 3.09. The van der Waals surface area contributed by atoms with Crippen molar-refractivity contribution in [2.75, 3.05) is 0 Å². The van der Waals surface area contributed by atoms with E-state index in [2.05, 4.69) is 19.2 Å². The van der Waals surface area contributed by atoms with Crippen molar-refractivity contribution in [2.24, 2.45) is 5.92 Å². The van der Waals surface area contributed by atoms with Gasteiger partial charge in [-0.2, -0.15) is 0 Å². The Morgan fingerprint density at radius 3 is 2.77 bits per heavy atom. The number of nitrogens with one attached hydrogen (secondary N) is 1. The minimum Gasteiger partial charge on any atom is -0.386 e. The second-order valence-corrected chi connectivity index (χ2v) is 3.68. The van der Waals surface area contributed by atoms with Crippen molar-refractivity contribution in [2.45, 2.75) is 39.3 Å². The van der Waals surface area contributed by atoms with Crippen LogP contribution in [0.4, 0.5) is 0 Å². The molecule has 0 bridgehead atoms. The summed E-state index contributed by atoms with van der Waals surface area (Å²) in [6.45, 7) is 5.62. The van der Waals surface area contributed by atoms with E-state index in [0.717, 1.165) is 6.42 Å². The highest BCUT2D eigenvalue weighted by molar-refractivity contribution is 5.94. The van der Waals surface area contributed by atoms with Gasteiger partial charge in [-0.05, 0) is 12.8 Å². The zero-order chi connectivity index (χ0) is 10.0. The molecule has 0 aliphatic carbocycles. The summed E-state index contributed by atoms with van der Waals surface area (Å²) in [4.78, 5) is 11.0. The monoisotopic (exact) mass is 183 g/mol. The minimum absolute atomic E-state index is 0.00361. The van der Waals surface area contributed by atoms with Gasteiger partial charge in [-0.3, -0.25) is 4.79 Å². The quantitative estimate of drug-likeness (QED) is 0.681. The van der Waals surface area contributed by atoms with Crippen LogP contribution >= 0.6 is 0 Å². The first-order valence-corrected chi connectivity index (χ1v) is 4.73. The predicted octanol–water partition coefficient (Wildman–Crippen LogP) is 0.838. The van der Waals surface area contributed by atoms with E-state index in [0.29, 0.717) is 11.5 Å². The Labute approximate surface area is 78.8 Å². The molecule has 0 saturated heterocycles. The summed E-state index contributed by atoms with van der Waals surface area (Å²) in [6, 6.07) is 0.00361. The molecule has 3 nitrogen and oxygen atoms in total. The van der Waals surface area contributed by atoms with Crippen molar-refractivity contribution in [1.82, 2.24) is 5.32 Å². The predicted molar refractivity (Wildman–Crippen MR) is 51.1 cm³/mol. The topological polar surface area (TPSA) is 49.3 Å². The Morgan fingerprint density at radius 2 is 2.38 bits per heavy atom. The van der Waals surface area contributed by atoms with E-state index in [9.17, 15) is 9.90 Å². The van der Waals surface area contributed by atoms with Crippen LogP contribution in [0.15, 0.2) is 11.8 Å². The minimum atomic E-state index is -0.632. The maximum Gasteiger partial charge on any atom is 0.159 e. The summed E-state index contributed by atoms with van der Waals surface area (Å²) in [6.07, 6.45) is 2.00. The van der Waals surface area contributed by atoms with Crippen molar-refractivity contribution < 1.29 is 9.90 Å². The van der Waals surface area contributed by atoms with E-state index in [1.165, 1.54) is 6.92 Å². The molecule has 0 spiro atoms. The van der Waals surface area contributed by atoms with Crippen LogP contribution in [0.2, 0.25) is 0 Å². The van der Waals surface area contributed by atoms with Crippen LogP contribution in [0.25, 0.3) is 0 Å². The van der Waals surface area contributed by atoms with Gasteiger partial charge in [0.05, 0.1) is 6.04 Å². The van der Waals surface area contributed by atoms with Gasteiger partial charge in [-0.25, -0.2) is 0 Å². The van der Waals surface area contributed by atoms with Crippen LogP contribution in [0.5, 0.6) is 0 Å². The highest BCUT2D eigenvalue weighted by Crippen LogP contribution is 2.21. The molecule has 3 atom stereocenters. The molecule has 0 aromatic heterocycles. The molecule has 0 radical (unpaired) electrons. The summed E-state index contributed by atoms with van der Waals surface area (Å²) in [7, 11) is 0. The van der Waals surface area contributed by atoms with Crippen LogP contribution in [0, 0.1) is 5.92 Å². The highest BCUT2D eigenvalue weighted by atomic mass is 16.3. The van der Waals surface area contributed by atoms with Gasteiger partial charge in [0.15, 0.2) is 5.78 Å². The largest absolute Gasteiger partial charge is 0.386 e. The average molecular weight is 183 g/mol. The van der Waals surface area contributed by atoms with Crippen LogP contribution in [-0.2, 0) is 4.79 Å². The smallest absolute Gasteiger partial charge is 0.159 e. The zero-order valence-electron chi connectivity index (χ0n) is 8.37. The summed E-state index contributed by atoms with van der Waals surface area (Å²) in [5.41, 5.74) is 0.505. The molecule has 3 heteroatoms. The van der Waals surface area contributed by atoms with Gasteiger partial charge >= 0.3 is 0 Å². The van der Waals surface area contributed by atoms with E-state index in [1.54, 1.807) is 6.20 Å². The number of hydrogen-bond donors (Lipinski definition) is 2. The van der Waals surface area contributed by atoms with Crippen molar-refractivity contribution >= 4 is 5.78 Å². The fourth-order valence-electron chi connectivity index (χ4n) is 1.60. The molecule has 74 valence electrons. The molecule has 1 aliphatic heterocycles. The van der Waals surface area contributed by atoms with Gasteiger partial charge in [0.2, 0.25) is 0 Å². The molecule has 3 unspecified atom stereocenters. The lowest BCUT2D eigenvalue weighted by Crippen LogP contribution is -2.38. The number of hydrogen-bond acceptors (Lipinski definition) is 3. The zero-order valence-corrected chi connectivity index (χ0v) is 8.37. The number of aliphatic hydroxyl groups is 1. The number of carbonyl (C=O) groups excluding carboxylic acids is 1. The first-order valence-electron chi connectivity index (χ1n) is 4.73. The SMILES string of the molecule is CCC(C)C1NC=C(C(C)=O)C1O. The Hall–Kier alpha value is -0.830. The second kappa shape index (κ2) is 3.92. The van der Waals surface area contributed by atoms with Gasteiger partial charge in [0, 0.05) is 11.8 Å². The van der Waals surface area contributed by atoms with Crippen LogP contribution in [0.1, 0.15) is 27.2 Å². The third-order valence-electron chi connectivity index (χ3n) is 2.75. The summed E-state index contributed by atoms with van der Waals surface area (Å²) >= 11 is 0. The summed E-state index contributed by atoms with van der Waals surface area (Å²) in [5, 5.41) is 12.8. The average Bonchev–Trinajstić information content (AvgIpc) is 2.46. The van der Waals surface area contributed by atoms with Gasteiger partial charge in [-0.1, -0.05) is 20.3 Å². The third-order valence-corrected chi connectivity index (χ3v) is 2.75. The van der Waals surface area contributed by atoms with E-state index >= 15 is 0 Å². The number of rotatable bonds is 3. The Morgan fingerprint density at radius 1 is 1.77 bits per heavy atom. The lowest BCUT2D eigenvalue weighted by Gasteiger charge is -2.22. The number of Topliss-reactive ketones (excluding diaryl/α,β-unsaturated/α-hetero) is 1. The van der Waals surface area contributed by atoms with Gasteiger partial charge in [0.25, 0.3) is 0 Å². The van der Waals surface area contributed by atoms with E-state index in [-0.39, 0.29) is 11.8 Å². The highest BCUT2D eigenvalue weighted by Gasteiger charge is 2.32. The number of aliphatic hydroxyl groups excluding tert-OH is 1. The molecular formula is C10H17NO2.